The topological polar surface area (TPSA) is 302 Å². The average molecular weight is 1260 g/mol. The van der Waals surface area contributed by atoms with Crippen LogP contribution >= 0.6 is 36.1 Å². The summed E-state index contributed by atoms with van der Waals surface area (Å²) in [5.74, 6) is -0.114. The molecule has 6 rings (SSSR count). The first kappa shape index (κ1) is 76.4. The van der Waals surface area contributed by atoms with Crippen LogP contribution in [0.15, 0.2) is 116 Å². The molecule has 374 valence electrons. The second-order valence-electron chi connectivity index (χ2n) is 16.6. The predicted molar refractivity (Wildman–Crippen MR) is 246 cm³/mol. The van der Waals surface area contributed by atoms with E-state index in [4.69, 9.17) is 0 Å². The fraction of sp³-hybridized carbons (Fsp3) is 0.326. The van der Waals surface area contributed by atoms with E-state index >= 15 is 0 Å². The average Bonchev–Trinajstić information content (AvgIpc) is 3.63. The minimum atomic E-state index is -5.10. The zero-order valence-corrected chi connectivity index (χ0v) is 62.5. The van der Waals surface area contributed by atoms with Crippen molar-refractivity contribution in [1.82, 2.24) is 0 Å². The maximum Gasteiger partial charge on any atom is 1.00 e. The minimum Gasteiger partial charge on any atom is -0.748 e. The monoisotopic (exact) mass is 1260 g/mol. The molecular weight excluding hydrogens is 1220 g/mol. The predicted octanol–water partition coefficient (Wildman–Crippen LogP) is -10.0. The molecule has 0 spiro atoms. The number of anilines is 1. The Hall–Kier alpha value is 4.43. The summed E-state index contributed by atoms with van der Waals surface area (Å²) >= 11 is 1.77. The van der Waals surface area contributed by atoms with E-state index in [1.807, 2.05) is 56.6 Å². The van der Waals surface area contributed by atoms with Crippen molar-refractivity contribution in [2.24, 2.45) is 0 Å². The third kappa shape index (κ3) is 19.7. The van der Waals surface area contributed by atoms with Gasteiger partial charge in [-0.15, -0.1) is 0 Å². The van der Waals surface area contributed by atoms with Crippen molar-refractivity contribution in [2.45, 2.75) is 83.8 Å². The Bertz CT molecular complexity index is 3110. The summed E-state index contributed by atoms with van der Waals surface area (Å²) < 4.78 is 124. The van der Waals surface area contributed by atoms with Crippen molar-refractivity contribution >= 4 is 105 Å². The number of hydrogen-bond donors (Lipinski definition) is 0. The van der Waals surface area contributed by atoms with Crippen LogP contribution in [0.25, 0.3) is 21.5 Å². The molecule has 0 N–H and O–H groups in total. The van der Waals surface area contributed by atoms with Crippen molar-refractivity contribution in [3.05, 3.63) is 108 Å². The molecular formula is C43H43K5N2O18S6. The molecule has 2 heterocycles. The molecule has 0 aromatic heterocycles. The van der Waals surface area contributed by atoms with Gasteiger partial charge < -0.3 is 34.3 Å². The first-order valence-electron chi connectivity index (χ1n) is 20.6. The number of allylic oxidation sites excluding steroid dienone is 8. The molecule has 2 aliphatic rings. The smallest absolute Gasteiger partial charge is 0.748 e. The van der Waals surface area contributed by atoms with Crippen molar-refractivity contribution in [3.8, 4) is 0 Å². The molecule has 0 atom stereocenters. The summed E-state index contributed by atoms with van der Waals surface area (Å²) in [6.45, 7) is 8.37. The molecule has 0 aliphatic carbocycles. The van der Waals surface area contributed by atoms with Crippen LogP contribution in [0.1, 0.15) is 64.5 Å². The van der Waals surface area contributed by atoms with Gasteiger partial charge in [0.15, 0.2) is 5.71 Å². The van der Waals surface area contributed by atoms with Crippen LogP contribution in [0.5, 0.6) is 0 Å². The summed E-state index contributed by atoms with van der Waals surface area (Å²) in [4.78, 5) is 1.31. The van der Waals surface area contributed by atoms with E-state index in [1.165, 1.54) is 6.07 Å². The van der Waals surface area contributed by atoms with Crippen LogP contribution in [0.3, 0.4) is 0 Å². The molecule has 0 radical (unpaired) electrons. The quantitative estimate of drug-likeness (QED) is 0.00919. The van der Waals surface area contributed by atoms with Crippen molar-refractivity contribution in [2.75, 3.05) is 29.5 Å². The van der Waals surface area contributed by atoms with Gasteiger partial charge in [-0.2, -0.15) is 17.6 Å². The number of unbranched alkanes of at least 4 members (excludes halogenated alkanes) is 2. The second kappa shape index (κ2) is 34.5. The maximum absolute atomic E-state index is 12.8. The van der Waals surface area contributed by atoms with E-state index in [0.29, 0.717) is 82.3 Å². The van der Waals surface area contributed by atoms with Crippen LogP contribution in [0.4, 0.5) is 11.4 Å². The summed E-state index contributed by atoms with van der Waals surface area (Å²) in [6.07, 6.45) is 14.2. The van der Waals surface area contributed by atoms with Crippen LogP contribution in [-0.4, -0.2) is 73.8 Å². The van der Waals surface area contributed by atoms with E-state index in [-0.39, 0.29) is 291 Å². The maximum atomic E-state index is 12.8. The number of fused-ring (bicyclic) bond motifs is 6. The molecule has 0 bridgehead atoms. The molecule has 31 heteroatoms. The van der Waals surface area contributed by atoms with Crippen LogP contribution < -0.4 is 278 Å². The van der Waals surface area contributed by atoms with E-state index in [1.54, 1.807) is 48.6 Å². The molecule has 0 saturated heterocycles. The van der Waals surface area contributed by atoms with Gasteiger partial charge in [-0.25, -0.2) is 25.3 Å². The van der Waals surface area contributed by atoms with Crippen LogP contribution in [0, 0.1) is 0 Å². The largest absolute Gasteiger partial charge is 1.00 e. The van der Waals surface area contributed by atoms with Gasteiger partial charge in [0, 0.05) is 91.6 Å². The Labute approximate surface area is 655 Å². The molecule has 0 saturated carbocycles. The normalized spacial score (nSPS) is 15.6. The third-order valence-corrected chi connectivity index (χ3v) is 15.8. The summed E-state index contributed by atoms with van der Waals surface area (Å²) in [5.41, 5.74) is 2.39. The van der Waals surface area contributed by atoms with Gasteiger partial charge in [0.25, 0.3) is 0 Å². The number of rotatable bonds is 24. The Balaban J connectivity index is 0.00000548. The van der Waals surface area contributed by atoms with Crippen molar-refractivity contribution in [3.63, 3.8) is 0 Å². The first-order valence-corrected chi connectivity index (χ1v) is 27.4. The van der Waals surface area contributed by atoms with E-state index in [9.17, 15) is 54.7 Å². The van der Waals surface area contributed by atoms with Gasteiger partial charge in [0.2, 0.25) is 5.69 Å². The fourth-order valence-electron chi connectivity index (χ4n) is 8.84. The minimum absolute atomic E-state index is 0. The van der Waals surface area contributed by atoms with E-state index < -0.39 is 56.7 Å². The van der Waals surface area contributed by atoms with E-state index in [2.05, 4.69) is 33.0 Å². The number of hydrogen-bond acceptors (Lipinski definition) is 22. The first-order chi connectivity index (χ1) is 32.6. The Kier molecular flexibility index (Phi) is 35.7. The van der Waals surface area contributed by atoms with Gasteiger partial charge in [0.05, 0.1) is 49.4 Å². The standard InChI is InChI=1S/C43H48N2O18S6.5K/c1-42(2)36(44(20-10-12-22-64-61-58-46)32-19-17-29-25-31(68(52,53)54)27-34(66-63-60-48)38(29)40(32)42)14-8-6-5-7-9-15-37-43(3,4)41-33(45(37)21-11-13-23-67(49,50)51)18-16-28-24-30(65-62-59-47)26-35(39(28)41)69(55,56)57;;;;;/h5-9,14-19,24-27H,10-13,20-23H2,1-4H3,(H5-,46,47,48,49,50,51,52,53,54,55,56,57);;;;;/q;5*+1/p-5. The second-order valence-corrected chi connectivity index (χ2v) is 23.1. The molecule has 0 unspecified atom stereocenters. The SMILES string of the molecule is CC1(C)C(=CC=CC=CC=CC2=[N+](CCCCS(=O)(=O)[O-])c3ccc4cc(SOO[O-])cc(S(=O)(=O)[O-])c4c3C2(C)C)N(CCCCSOO[O-])c2ccc3cc(S(=O)(=O)[O-])cc(SOO[O-])c3c21.[K+].[K+].[K+].[K+].[K+]. The Morgan fingerprint density at radius 3 is 1.91 bits per heavy atom. The fourth-order valence-corrected chi connectivity index (χ4v) is 12.3. The molecule has 2 aliphatic heterocycles. The Morgan fingerprint density at radius 2 is 1.27 bits per heavy atom. The molecule has 4 aromatic rings. The van der Waals surface area contributed by atoms with Crippen LogP contribution in [-0.2, 0) is 69.3 Å². The molecule has 20 nitrogen and oxygen atoms in total. The Morgan fingerprint density at radius 1 is 0.649 bits per heavy atom. The molecule has 0 amide bonds. The van der Waals surface area contributed by atoms with Crippen molar-refractivity contribution < 1.29 is 344 Å². The van der Waals surface area contributed by atoms with Crippen LogP contribution in [0.2, 0.25) is 0 Å². The summed E-state index contributed by atoms with van der Waals surface area (Å²) in [6, 6.07) is 11.9. The zero-order valence-electron chi connectivity index (χ0n) is 42.0. The zero-order chi connectivity index (χ0) is 50.4. The van der Waals surface area contributed by atoms with E-state index in [0.717, 1.165) is 41.1 Å². The van der Waals surface area contributed by atoms with Gasteiger partial charge in [-0.1, -0.05) is 50.3 Å². The number of benzene rings is 4. The molecule has 0 fully saturated rings. The molecule has 74 heavy (non-hydrogen) atoms. The van der Waals surface area contributed by atoms with Gasteiger partial charge in [0.1, 0.15) is 26.8 Å². The van der Waals surface area contributed by atoms with Gasteiger partial charge >= 0.3 is 257 Å². The third-order valence-electron chi connectivity index (χ3n) is 11.5. The van der Waals surface area contributed by atoms with Crippen molar-refractivity contribution in [1.29, 1.82) is 0 Å². The molecule has 4 aromatic carbocycles. The summed E-state index contributed by atoms with van der Waals surface area (Å²) in [7, 11) is -14.5. The number of nitrogens with zero attached hydrogens (tertiary/aromatic N) is 2. The van der Waals surface area contributed by atoms with Gasteiger partial charge in [-0.3, -0.25) is 15.1 Å². The van der Waals surface area contributed by atoms with Gasteiger partial charge in [-0.05, 0) is 91.9 Å². The summed E-state index contributed by atoms with van der Waals surface area (Å²) in [5, 5.41) is 43.6.